The van der Waals surface area contributed by atoms with Gasteiger partial charge < -0.3 is 0 Å². The molecule has 0 N–H and O–H groups in total. The Morgan fingerprint density at radius 2 is 0.852 bits per heavy atom. The molecule has 0 heterocycles. The van der Waals surface area contributed by atoms with Crippen molar-refractivity contribution in [1.29, 1.82) is 0 Å². The fourth-order valence-electron chi connectivity index (χ4n) is 2.55. The van der Waals surface area contributed by atoms with Gasteiger partial charge in [-0.15, -0.1) is 0 Å². The van der Waals surface area contributed by atoms with E-state index in [0.717, 1.165) is 24.3 Å². The molecule has 0 spiro atoms. The van der Waals surface area contributed by atoms with Crippen molar-refractivity contribution in [1.82, 2.24) is 0 Å². The average Bonchev–Trinajstić information content (AvgIpc) is 2.66. The number of halogens is 9. The maximum absolute atomic E-state index is 14.1. The van der Waals surface area contributed by atoms with Crippen molar-refractivity contribution in [3.8, 4) is 22.3 Å². The first-order valence-electron chi connectivity index (χ1n) is 7.11. The summed E-state index contributed by atoms with van der Waals surface area (Å²) in [5.74, 6) is -19.4. The zero-order valence-electron chi connectivity index (χ0n) is 12.8. The minimum atomic E-state index is -2.41. The van der Waals surface area contributed by atoms with Gasteiger partial charge in [-0.05, 0) is 17.2 Å². The van der Waals surface area contributed by atoms with Crippen LogP contribution in [0.1, 0.15) is 0 Å². The molecule has 0 atom stereocenters. The van der Waals surface area contributed by atoms with Gasteiger partial charge in [-0.1, -0.05) is 24.3 Å². The van der Waals surface area contributed by atoms with Gasteiger partial charge in [0, 0.05) is 5.56 Å². The van der Waals surface area contributed by atoms with E-state index >= 15 is 0 Å². The Labute approximate surface area is 145 Å². The molecule has 0 radical (unpaired) electrons. The molecule has 9 heteroatoms. The van der Waals surface area contributed by atoms with Gasteiger partial charge in [-0.3, -0.25) is 0 Å². The van der Waals surface area contributed by atoms with Crippen LogP contribution in [0.5, 0.6) is 0 Å². The monoisotopic (exact) mass is 392 g/mol. The van der Waals surface area contributed by atoms with E-state index in [-0.39, 0.29) is 6.07 Å². The highest BCUT2D eigenvalue weighted by Gasteiger charge is 2.29. The second-order valence-corrected chi connectivity index (χ2v) is 5.34. The maximum Gasteiger partial charge on any atom is 0.200 e. The molecule has 0 bridgehead atoms. The van der Waals surface area contributed by atoms with Crippen molar-refractivity contribution in [2.75, 3.05) is 0 Å². The first kappa shape index (κ1) is 18.8. The Bertz CT molecular complexity index is 1040. The second-order valence-electron chi connectivity index (χ2n) is 5.34. The molecule has 0 amide bonds. The molecule has 0 aliphatic carbocycles. The van der Waals surface area contributed by atoms with E-state index in [9.17, 15) is 39.5 Å². The SMILES string of the molecule is Fc1cc(-c2ccccc2-c2c(F)c(F)c(F)c(F)c2F)c(F)c(F)c1F. The molecule has 0 unspecified atom stereocenters. The molecule has 3 rings (SSSR count). The minimum absolute atomic E-state index is 0.207. The Morgan fingerprint density at radius 1 is 0.407 bits per heavy atom. The van der Waals surface area contributed by atoms with Crippen LogP contribution >= 0.6 is 0 Å². The predicted molar refractivity (Wildman–Crippen MR) is 76.9 cm³/mol. The fourth-order valence-corrected chi connectivity index (χ4v) is 2.55. The quantitative estimate of drug-likeness (QED) is 0.274. The van der Waals surface area contributed by atoms with E-state index in [4.69, 9.17) is 0 Å². The number of hydrogen-bond donors (Lipinski definition) is 0. The second kappa shape index (κ2) is 6.64. The Morgan fingerprint density at radius 3 is 1.41 bits per heavy atom. The molecule has 3 aromatic rings. The standard InChI is InChI=1S/C18H5F9/c19-9-5-8(11(20)15(24)12(9)21)6-3-1-2-4-7(6)10-13(22)16(25)18(27)17(26)14(10)23/h1-5H. The van der Waals surface area contributed by atoms with Crippen LogP contribution in [0.2, 0.25) is 0 Å². The molecule has 0 aliphatic heterocycles. The smallest absolute Gasteiger partial charge is 0.200 e. The summed E-state index contributed by atoms with van der Waals surface area (Å²) < 4.78 is 123. The largest absolute Gasteiger partial charge is 0.204 e. The summed E-state index contributed by atoms with van der Waals surface area (Å²) in [6.07, 6.45) is 0. The average molecular weight is 392 g/mol. The summed E-state index contributed by atoms with van der Waals surface area (Å²) in [5.41, 5.74) is -3.75. The predicted octanol–water partition coefficient (Wildman–Crippen LogP) is 6.27. The molecule has 0 fully saturated rings. The lowest BCUT2D eigenvalue weighted by Gasteiger charge is -2.14. The summed E-state index contributed by atoms with van der Waals surface area (Å²) in [4.78, 5) is 0. The van der Waals surface area contributed by atoms with Gasteiger partial charge in [0.2, 0.25) is 5.82 Å². The van der Waals surface area contributed by atoms with Crippen LogP contribution in [0.25, 0.3) is 22.3 Å². The molecule has 0 aliphatic rings. The number of rotatable bonds is 2. The van der Waals surface area contributed by atoms with Gasteiger partial charge in [-0.2, -0.15) is 0 Å². The fraction of sp³-hybridized carbons (Fsp3) is 0. The van der Waals surface area contributed by atoms with E-state index in [2.05, 4.69) is 0 Å². The molecule has 3 aromatic carbocycles. The van der Waals surface area contributed by atoms with Crippen LogP contribution in [0.4, 0.5) is 39.5 Å². The van der Waals surface area contributed by atoms with Crippen molar-refractivity contribution in [3.05, 3.63) is 82.7 Å². The number of hydrogen-bond acceptors (Lipinski definition) is 0. The summed E-state index contributed by atoms with van der Waals surface area (Å²) >= 11 is 0. The topological polar surface area (TPSA) is 0 Å². The van der Waals surface area contributed by atoms with Crippen LogP contribution in [0, 0.1) is 52.4 Å². The van der Waals surface area contributed by atoms with Gasteiger partial charge in [0.05, 0.1) is 5.56 Å². The van der Waals surface area contributed by atoms with Crippen LogP contribution in [0.3, 0.4) is 0 Å². The zero-order valence-corrected chi connectivity index (χ0v) is 12.8. The lowest BCUT2D eigenvalue weighted by atomic mass is 9.93. The van der Waals surface area contributed by atoms with Crippen molar-refractivity contribution in [2.24, 2.45) is 0 Å². The summed E-state index contributed by atoms with van der Waals surface area (Å²) in [6, 6.07) is 4.25. The molecule has 27 heavy (non-hydrogen) atoms. The third-order valence-electron chi connectivity index (χ3n) is 3.80. The Kier molecular flexibility index (Phi) is 4.63. The van der Waals surface area contributed by atoms with E-state index < -0.39 is 74.6 Å². The molecule has 0 saturated heterocycles. The van der Waals surface area contributed by atoms with E-state index in [1.165, 1.54) is 0 Å². The normalized spacial score (nSPS) is 11.1. The van der Waals surface area contributed by atoms with Gasteiger partial charge in [0.15, 0.2) is 46.5 Å². The van der Waals surface area contributed by atoms with Crippen molar-refractivity contribution in [2.45, 2.75) is 0 Å². The van der Waals surface area contributed by atoms with Gasteiger partial charge in [0.25, 0.3) is 0 Å². The van der Waals surface area contributed by atoms with Crippen molar-refractivity contribution >= 4 is 0 Å². The van der Waals surface area contributed by atoms with Gasteiger partial charge >= 0.3 is 0 Å². The highest BCUT2D eigenvalue weighted by molar-refractivity contribution is 5.84. The van der Waals surface area contributed by atoms with Gasteiger partial charge in [0.1, 0.15) is 0 Å². The summed E-state index contributed by atoms with van der Waals surface area (Å²) in [5, 5.41) is 0. The van der Waals surface area contributed by atoms with Crippen molar-refractivity contribution < 1.29 is 39.5 Å². The van der Waals surface area contributed by atoms with Crippen molar-refractivity contribution in [3.63, 3.8) is 0 Å². The Balaban J connectivity index is 2.40. The first-order valence-corrected chi connectivity index (χ1v) is 7.11. The minimum Gasteiger partial charge on any atom is -0.204 e. The molecular formula is C18H5F9. The Hall–Kier alpha value is -2.97. The third kappa shape index (κ3) is 2.83. The summed E-state index contributed by atoms with van der Waals surface area (Å²) in [7, 11) is 0. The van der Waals surface area contributed by atoms with Crippen LogP contribution in [0.15, 0.2) is 30.3 Å². The van der Waals surface area contributed by atoms with Crippen LogP contribution in [-0.4, -0.2) is 0 Å². The molecule has 0 aromatic heterocycles. The van der Waals surface area contributed by atoms with Gasteiger partial charge in [-0.25, -0.2) is 39.5 Å². The number of benzene rings is 3. The molecule has 0 saturated carbocycles. The highest BCUT2D eigenvalue weighted by Crippen LogP contribution is 2.39. The molecule has 0 nitrogen and oxygen atoms in total. The highest BCUT2D eigenvalue weighted by atomic mass is 19.2. The third-order valence-corrected chi connectivity index (χ3v) is 3.80. The zero-order chi connectivity index (χ0) is 20.0. The van der Waals surface area contributed by atoms with Crippen LogP contribution in [-0.2, 0) is 0 Å². The molecular weight excluding hydrogens is 387 g/mol. The van der Waals surface area contributed by atoms with E-state index in [1.54, 1.807) is 0 Å². The maximum atomic E-state index is 14.1. The van der Waals surface area contributed by atoms with E-state index in [1.807, 2.05) is 0 Å². The van der Waals surface area contributed by atoms with Crippen LogP contribution < -0.4 is 0 Å². The molecule has 140 valence electrons. The lowest BCUT2D eigenvalue weighted by molar-refractivity contribution is 0.381. The first-order chi connectivity index (χ1) is 12.7. The lowest BCUT2D eigenvalue weighted by Crippen LogP contribution is -2.05. The van der Waals surface area contributed by atoms with E-state index in [0.29, 0.717) is 0 Å². The summed E-state index contributed by atoms with van der Waals surface area (Å²) in [6.45, 7) is 0.